The number of rotatable bonds is 4. The van der Waals surface area contributed by atoms with Crippen LogP contribution in [0.2, 0.25) is 0 Å². The molecule has 82 valence electrons. The molecule has 15 heavy (non-hydrogen) atoms. The number of amides is 1. The molecular weight excluding hydrogens is 194 g/mol. The molecule has 0 aliphatic carbocycles. The van der Waals surface area contributed by atoms with Gasteiger partial charge in [-0.1, -0.05) is 0 Å². The SMILES string of the molecule is O=C(Cn1cncn1)NCC1CCCN1. The number of nitrogens with zero attached hydrogens (tertiary/aromatic N) is 3. The Balaban J connectivity index is 1.68. The summed E-state index contributed by atoms with van der Waals surface area (Å²) in [5.74, 6) is -0.0193. The lowest BCUT2D eigenvalue weighted by molar-refractivity contribution is -0.121. The van der Waals surface area contributed by atoms with E-state index >= 15 is 0 Å². The van der Waals surface area contributed by atoms with Crippen LogP contribution in [0.5, 0.6) is 0 Å². The Bertz CT molecular complexity index is 304. The second-order valence-electron chi connectivity index (χ2n) is 3.69. The predicted octanol–water partition coefficient (Wildman–Crippen LogP) is -0.854. The summed E-state index contributed by atoms with van der Waals surface area (Å²) in [4.78, 5) is 15.2. The lowest BCUT2D eigenvalue weighted by atomic mass is 10.2. The maximum atomic E-state index is 11.4. The normalized spacial score (nSPS) is 20.4. The Hall–Kier alpha value is -1.43. The predicted molar refractivity (Wildman–Crippen MR) is 54.1 cm³/mol. The first-order valence-electron chi connectivity index (χ1n) is 5.17. The van der Waals surface area contributed by atoms with Gasteiger partial charge < -0.3 is 10.6 Å². The molecule has 6 heteroatoms. The van der Waals surface area contributed by atoms with Crippen molar-refractivity contribution in [1.29, 1.82) is 0 Å². The van der Waals surface area contributed by atoms with E-state index < -0.39 is 0 Å². The molecule has 1 aromatic heterocycles. The summed E-state index contributed by atoms with van der Waals surface area (Å²) < 4.78 is 1.51. The van der Waals surface area contributed by atoms with E-state index in [1.165, 1.54) is 23.8 Å². The molecule has 2 heterocycles. The second-order valence-corrected chi connectivity index (χ2v) is 3.69. The van der Waals surface area contributed by atoms with E-state index in [0.29, 0.717) is 12.6 Å². The summed E-state index contributed by atoms with van der Waals surface area (Å²) in [7, 11) is 0. The number of hydrogen-bond donors (Lipinski definition) is 2. The van der Waals surface area contributed by atoms with Crippen molar-refractivity contribution in [2.75, 3.05) is 13.1 Å². The van der Waals surface area contributed by atoms with Crippen LogP contribution in [-0.2, 0) is 11.3 Å². The molecular formula is C9H15N5O. The highest BCUT2D eigenvalue weighted by atomic mass is 16.2. The summed E-state index contributed by atoms with van der Waals surface area (Å²) in [5, 5.41) is 10.1. The maximum Gasteiger partial charge on any atom is 0.241 e. The van der Waals surface area contributed by atoms with Crippen molar-refractivity contribution >= 4 is 5.91 Å². The van der Waals surface area contributed by atoms with Gasteiger partial charge in [-0.25, -0.2) is 9.67 Å². The van der Waals surface area contributed by atoms with Gasteiger partial charge in [0, 0.05) is 12.6 Å². The molecule has 1 aliphatic heterocycles. The molecule has 0 spiro atoms. The summed E-state index contributed by atoms with van der Waals surface area (Å²) in [5.41, 5.74) is 0. The van der Waals surface area contributed by atoms with Crippen molar-refractivity contribution in [1.82, 2.24) is 25.4 Å². The molecule has 6 nitrogen and oxygen atoms in total. The average molecular weight is 209 g/mol. The van der Waals surface area contributed by atoms with Crippen molar-refractivity contribution in [2.45, 2.75) is 25.4 Å². The fourth-order valence-electron chi connectivity index (χ4n) is 1.69. The third-order valence-corrected chi connectivity index (χ3v) is 2.48. The van der Waals surface area contributed by atoms with Crippen molar-refractivity contribution in [3.63, 3.8) is 0 Å². The molecule has 1 fully saturated rings. The average Bonchev–Trinajstić information content (AvgIpc) is 2.86. The largest absolute Gasteiger partial charge is 0.353 e. The molecule has 2 rings (SSSR count). The van der Waals surface area contributed by atoms with E-state index in [1.807, 2.05) is 0 Å². The lowest BCUT2D eigenvalue weighted by Crippen LogP contribution is -2.38. The first-order valence-corrected chi connectivity index (χ1v) is 5.17. The highest BCUT2D eigenvalue weighted by Crippen LogP contribution is 2.02. The van der Waals surface area contributed by atoms with Gasteiger partial charge in [0.25, 0.3) is 0 Å². The van der Waals surface area contributed by atoms with E-state index in [1.54, 1.807) is 0 Å². The van der Waals surface area contributed by atoms with Crippen molar-refractivity contribution in [3.8, 4) is 0 Å². The summed E-state index contributed by atoms with van der Waals surface area (Å²) >= 11 is 0. The van der Waals surface area contributed by atoms with Gasteiger partial charge in [-0.15, -0.1) is 0 Å². The zero-order chi connectivity index (χ0) is 10.5. The van der Waals surface area contributed by atoms with E-state index in [4.69, 9.17) is 0 Å². The minimum atomic E-state index is -0.0193. The van der Waals surface area contributed by atoms with Crippen molar-refractivity contribution < 1.29 is 4.79 Å². The summed E-state index contributed by atoms with van der Waals surface area (Å²) in [6.07, 6.45) is 5.30. The molecule has 2 N–H and O–H groups in total. The second kappa shape index (κ2) is 4.88. The summed E-state index contributed by atoms with van der Waals surface area (Å²) in [6, 6.07) is 0.435. The minimum absolute atomic E-state index is 0.0193. The Labute approximate surface area is 88.1 Å². The van der Waals surface area contributed by atoms with E-state index in [-0.39, 0.29) is 12.5 Å². The molecule has 1 aliphatic rings. The molecule has 1 amide bonds. The van der Waals surface area contributed by atoms with Crippen molar-refractivity contribution in [2.24, 2.45) is 0 Å². The molecule has 0 bridgehead atoms. The topological polar surface area (TPSA) is 71.8 Å². The first kappa shape index (κ1) is 10.1. The monoisotopic (exact) mass is 209 g/mol. The van der Waals surface area contributed by atoms with Crippen LogP contribution in [0.15, 0.2) is 12.7 Å². The van der Waals surface area contributed by atoms with Gasteiger partial charge in [0.05, 0.1) is 0 Å². The van der Waals surface area contributed by atoms with Gasteiger partial charge in [0.15, 0.2) is 0 Å². The smallest absolute Gasteiger partial charge is 0.241 e. The minimum Gasteiger partial charge on any atom is -0.353 e. The van der Waals surface area contributed by atoms with Crippen LogP contribution >= 0.6 is 0 Å². The molecule has 1 aromatic rings. The van der Waals surface area contributed by atoms with E-state index in [9.17, 15) is 4.79 Å². The van der Waals surface area contributed by atoms with Crippen LogP contribution in [-0.4, -0.2) is 39.8 Å². The maximum absolute atomic E-state index is 11.4. The lowest BCUT2D eigenvalue weighted by Gasteiger charge is -2.11. The highest BCUT2D eigenvalue weighted by Gasteiger charge is 2.14. The van der Waals surface area contributed by atoms with Crippen LogP contribution in [0.1, 0.15) is 12.8 Å². The van der Waals surface area contributed by atoms with Gasteiger partial charge in [-0.05, 0) is 19.4 Å². The van der Waals surface area contributed by atoms with Gasteiger partial charge in [0.1, 0.15) is 19.2 Å². The van der Waals surface area contributed by atoms with Gasteiger partial charge >= 0.3 is 0 Å². The zero-order valence-electron chi connectivity index (χ0n) is 8.52. The molecule has 1 unspecified atom stereocenters. The van der Waals surface area contributed by atoms with Crippen LogP contribution in [0.25, 0.3) is 0 Å². The Morgan fingerprint density at radius 2 is 2.60 bits per heavy atom. The zero-order valence-corrected chi connectivity index (χ0v) is 8.52. The third kappa shape index (κ3) is 3.02. The van der Waals surface area contributed by atoms with E-state index in [2.05, 4.69) is 20.7 Å². The van der Waals surface area contributed by atoms with E-state index in [0.717, 1.165) is 13.0 Å². The summed E-state index contributed by atoms with van der Waals surface area (Å²) in [6.45, 7) is 2.00. The molecule has 1 atom stereocenters. The van der Waals surface area contributed by atoms with Crippen LogP contribution in [0.3, 0.4) is 0 Å². The third-order valence-electron chi connectivity index (χ3n) is 2.48. The first-order chi connectivity index (χ1) is 7.34. The number of nitrogens with one attached hydrogen (secondary N) is 2. The quantitative estimate of drug-likeness (QED) is 0.677. The van der Waals surface area contributed by atoms with Crippen LogP contribution in [0, 0.1) is 0 Å². The standard InChI is InChI=1S/C9H15N5O/c15-9(5-14-7-10-6-13-14)12-4-8-2-1-3-11-8/h6-8,11H,1-5H2,(H,12,15). The number of hydrogen-bond acceptors (Lipinski definition) is 4. The molecule has 0 saturated carbocycles. The fourth-order valence-corrected chi connectivity index (χ4v) is 1.69. The van der Waals surface area contributed by atoms with Gasteiger partial charge in [-0.2, -0.15) is 5.10 Å². The fraction of sp³-hybridized carbons (Fsp3) is 0.667. The Morgan fingerprint density at radius 1 is 1.67 bits per heavy atom. The molecule has 0 radical (unpaired) electrons. The Kier molecular flexibility index (Phi) is 3.29. The number of carbonyl (C=O) groups excluding carboxylic acids is 1. The Morgan fingerprint density at radius 3 is 3.27 bits per heavy atom. The number of carbonyl (C=O) groups is 1. The van der Waals surface area contributed by atoms with Gasteiger partial charge in [-0.3, -0.25) is 4.79 Å². The van der Waals surface area contributed by atoms with Crippen molar-refractivity contribution in [3.05, 3.63) is 12.7 Å². The van der Waals surface area contributed by atoms with Gasteiger partial charge in [0.2, 0.25) is 5.91 Å². The van der Waals surface area contributed by atoms with Crippen LogP contribution < -0.4 is 10.6 Å². The molecule has 1 saturated heterocycles. The molecule has 0 aromatic carbocycles. The number of aromatic nitrogens is 3. The highest BCUT2D eigenvalue weighted by molar-refractivity contribution is 5.75. The van der Waals surface area contributed by atoms with Crippen LogP contribution in [0.4, 0.5) is 0 Å².